The molecule has 0 saturated carbocycles. The lowest BCUT2D eigenvalue weighted by molar-refractivity contribution is 0.581. The summed E-state index contributed by atoms with van der Waals surface area (Å²) in [6, 6.07) is 6.36. The Hall–Kier alpha value is -1.12. The van der Waals surface area contributed by atoms with Crippen molar-refractivity contribution in [2.45, 2.75) is 25.2 Å². The van der Waals surface area contributed by atoms with Crippen LogP contribution in [-0.2, 0) is 19.9 Å². The molecule has 0 aliphatic heterocycles. The van der Waals surface area contributed by atoms with Gasteiger partial charge in [-0.1, -0.05) is 13.8 Å². The van der Waals surface area contributed by atoms with Gasteiger partial charge in [0.25, 0.3) is 0 Å². The van der Waals surface area contributed by atoms with E-state index >= 15 is 0 Å². The predicted molar refractivity (Wildman–Crippen MR) is 84.7 cm³/mol. The molecule has 2 N–H and O–H groups in total. The lowest BCUT2D eigenvalue weighted by Crippen LogP contribution is -2.29. The molecule has 0 aliphatic carbocycles. The number of hydrogen-bond donors (Lipinski definition) is 2. The summed E-state index contributed by atoms with van der Waals surface area (Å²) in [4.78, 5) is 0.124. The van der Waals surface area contributed by atoms with E-state index < -0.39 is 19.9 Å². The van der Waals surface area contributed by atoms with Gasteiger partial charge in [-0.15, -0.1) is 0 Å². The van der Waals surface area contributed by atoms with Crippen LogP contribution in [0.2, 0.25) is 0 Å². The first-order valence-electron chi connectivity index (χ1n) is 6.84. The highest BCUT2D eigenvalue weighted by atomic mass is 32.2. The first-order valence-corrected chi connectivity index (χ1v) is 10.1. The molecule has 1 aromatic carbocycles. The molecule has 0 fully saturated rings. The summed E-state index contributed by atoms with van der Waals surface area (Å²) >= 11 is 0. The van der Waals surface area contributed by atoms with E-state index in [0.717, 1.165) is 18.7 Å². The van der Waals surface area contributed by atoms with E-state index in [4.69, 9.17) is 0 Å². The van der Waals surface area contributed by atoms with Crippen LogP contribution in [-0.4, -0.2) is 41.4 Å². The second-order valence-corrected chi connectivity index (χ2v) is 8.82. The second-order valence-electron chi connectivity index (χ2n) is 4.59. The number of nitrogens with one attached hydrogen (secondary N) is 2. The van der Waals surface area contributed by atoms with Gasteiger partial charge in [0.2, 0.25) is 10.0 Å². The topological polar surface area (TPSA) is 92.3 Å². The third kappa shape index (κ3) is 6.03. The molecule has 0 bridgehead atoms. The summed E-state index contributed by atoms with van der Waals surface area (Å²) < 4.78 is 49.0. The molecule has 0 atom stereocenters. The number of rotatable bonds is 9. The minimum Gasteiger partial charge on any atom is -0.385 e. The normalized spacial score (nSPS) is 12.3. The minimum absolute atomic E-state index is 0.00647. The SMILES string of the molecule is CCCNc1ccc(S(=O)(=O)NCCS(=O)(=O)CC)cc1. The fourth-order valence-electron chi connectivity index (χ4n) is 1.58. The third-order valence-electron chi connectivity index (χ3n) is 2.89. The number of hydrogen-bond acceptors (Lipinski definition) is 5. The van der Waals surface area contributed by atoms with Crippen molar-refractivity contribution in [3.05, 3.63) is 24.3 Å². The molecule has 1 rings (SSSR count). The fraction of sp³-hybridized carbons (Fsp3) is 0.538. The Morgan fingerprint density at radius 3 is 2.10 bits per heavy atom. The monoisotopic (exact) mass is 334 g/mol. The standard InChI is InChI=1S/C13H22N2O4S2/c1-3-9-14-12-5-7-13(8-6-12)21(18,19)15-10-11-20(16,17)4-2/h5-8,14-15H,3-4,9-11H2,1-2H3. The summed E-state index contributed by atoms with van der Waals surface area (Å²) in [5.74, 6) is -0.189. The van der Waals surface area contributed by atoms with Crippen LogP contribution in [0.5, 0.6) is 0 Å². The second kappa shape index (κ2) is 7.77. The summed E-state index contributed by atoms with van der Waals surface area (Å²) in [6.07, 6.45) is 0.980. The zero-order valence-corrected chi connectivity index (χ0v) is 13.9. The number of sulfone groups is 1. The van der Waals surface area contributed by atoms with Crippen LogP contribution in [0, 0.1) is 0 Å². The molecule has 0 radical (unpaired) electrons. The van der Waals surface area contributed by atoms with Crippen LogP contribution < -0.4 is 10.0 Å². The van der Waals surface area contributed by atoms with Crippen molar-refractivity contribution in [3.8, 4) is 0 Å². The van der Waals surface area contributed by atoms with Gasteiger partial charge < -0.3 is 5.32 Å². The van der Waals surface area contributed by atoms with Gasteiger partial charge >= 0.3 is 0 Å². The van der Waals surface area contributed by atoms with Gasteiger partial charge in [0.1, 0.15) is 0 Å². The maximum Gasteiger partial charge on any atom is 0.240 e. The highest BCUT2D eigenvalue weighted by Crippen LogP contribution is 2.13. The zero-order valence-electron chi connectivity index (χ0n) is 12.3. The van der Waals surface area contributed by atoms with Crippen LogP contribution in [0.4, 0.5) is 5.69 Å². The zero-order chi connectivity index (χ0) is 15.9. The summed E-state index contributed by atoms with van der Waals surface area (Å²) in [6.45, 7) is 4.28. The van der Waals surface area contributed by atoms with E-state index in [-0.39, 0.29) is 22.9 Å². The van der Waals surface area contributed by atoms with Gasteiger partial charge in [-0.05, 0) is 30.7 Å². The van der Waals surface area contributed by atoms with Crippen LogP contribution in [0.15, 0.2) is 29.2 Å². The van der Waals surface area contributed by atoms with Crippen LogP contribution in [0.3, 0.4) is 0 Å². The molecule has 21 heavy (non-hydrogen) atoms. The fourth-order valence-corrected chi connectivity index (χ4v) is 3.44. The first kappa shape index (κ1) is 17.9. The molecule has 0 heterocycles. The molecule has 0 saturated heterocycles. The molecule has 0 spiro atoms. The van der Waals surface area contributed by atoms with Gasteiger partial charge in [-0.25, -0.2) is 21.6 Å². The van der Waals surface area contributed by atoms with Crippen molar-refractivity contribution < 1.29 is 16.8 Å². The highest BCUT2D eigenvalue weighted by molar-refractivity contribution is 7.91. The van der Waals surface area contributed by atoms with E-state index in [1.54, 1.807) is 12.1 Å². The van der Waals surface area contributed by atoms with Gasteiger partial charge in [0.05, 0.1) is 10.6 Å². The predicted octanol–water partition coefficient (Wildman–Crippen LogP) is 1.22. The molecule has 6 nitrogen and oxygen atoms in total. The summed E-state index contributed by atoms with van der Waals surface area (Å²) in [5.41, 5.74) is 0.851. The molecule has 8 heteroatoms. The van der Waals surface area contributed by atoms with Crippen molar-refractivity contribution in [1.82, 2.24) is 4.72 Å². The lowest BCUT2D eigenvalue weighted by atomic mass is 10.3. The summed E-state index contributed by atoms with van der Waals surface area (Å²) in [5, 5.41) is 3.15. The van der Waals surface area contributed by atoms with Gasteiger partial charge in [0, 0.05) is 24.5 Å². The first-order chi connectivity index (χ1) is 9.80. The number of anilines is 1. The molecule has 120 valence electrons. The Bertz CT molecular complexity index is 637. The van der Waals surface area contributed by atoms with E-state index in [1.165, 1.54) is 19.1 Å². The molecule has 1 aromatic rings. The average Bonchev–Trinajstić information content (AvgIpc) is 2.45. The van der Waals surface area contributed by atoms with E-state index in [0.29, 0.717) is 0 Å². The van der Waals surface area contributed by atoms with Crippen LogP contribution >= 0.6 is 0 Å². The highest BCUT2D eigenvalue weighted by Gasteiger charge is 2.15. The maximum atomic E-state index is 12.0. The largest absolute Gasteiger partial charge is 0.385 e. The average molecular weight is 334 g/mol. The molecule has 0 unspecified atom stereocenters. The van der Waals surface area contributed by atoms with Crippen molar-refractivity contribution >= 4 is 25.5 Å². The molecule has 0 amide bonds. The van der Waals surface area contributed by atoms with Gasteiger partial charge in [0.15, 0.2) is 9.84 Å². The van der Waals surface area contributed by atoms with Crippen molar-refractivity contribution in [2.24, 2.45) is 0 Å². The lowest BCUT2D eigenvalue weighted by Gasteiger charge is -2.08. The Labute approximate surface area is 126 Å². The van der Waals surface area contributed by atoms with Crippen molar-refractivity contribution in [2.75, 3.05) is 29.9 Å². The van der Waals surface area contributed by atoms with Crippen molar-refractivity contribution in [1.29, 1.82) is 0 Å². The Morgan fingerprint density at radius 2 is 1.57 bits per heavy atom. The van der Waals surface area contributed by atoms with E-state index in [1.807, 2.05) is 6.92 Å². The van der Waals surface area contributed by atoms with Crippen LogP contribution in [0.25, 0.3) is 0 Å². The van der Waals surface area contributed by atoms with Gasteiger partial charge in [-0.3, -0.25) is 0 Å². The van der Waals surface area contributed by atoms with Crippen LogP contribution in [0.1, 0.15) is 20.3 Å². The Kier molecular flexibility index (Phi) is 6.63. The van der Waals surface area contributed by atoms with Gasteiger partial charge in [-0.2, -0.15) is 0 Å². The number of benzene rings is 1. The Balaban J connectivity index is 2.66. The minimum atomic E-state index is -3.67. The molecular formula is C13H22N2O4S2. The maximum absolute atomic E-state index is 12.0. The smallest absolute Gasteiger partial charge is 0.240 e. The molecule has 0 aliphatic rings. The summed E-state index contributed by atoms with van der Waals surface area (Å²) in [7, 11) is -6.85. The quantitative estimate of drug-likeness (QED) is 0.708. The van der Waals surface area contributed by atoms with E-state index in [2.05, 4.69) is 10.0 Å². The molecule has 0 aromatic heterocycles. The Morgan fingerprint density at radius 1 is 0.952 bits per heavy atom. The number of sulfonamides is 1. The van der Waals surface area contributed by atoms with Crippen molar-refractivity contribution in [3.63, 3.8) is 0 Å². The molecular weight excluding hydrogens is 312 g/mol. The third-order valence-corrected chi connectivity index (χ3v) is 6.07. The van der Waals surface area contributed by atoms with E-state index in [9.17, 15) is 16.8 Å².